The summed E-state index contributed by atoms with van der Waals surface area (Å²) in [4.78, 5) is 0. The molecule has 0 aliphatic heterocycles. The Hall–Kier alpha value is -0.240. The maximum Gasteiger partial charge on any atom is 0.0595 e. The van der Waals surface area contributed by atoms with Crippen LogP contribution in [0.25, 0.3) is 0 Å². The van der Waals surface area contributed by atoms with Crippen molar-refractivity contribution in [1.29, 1.82) is 0 Å². The van der Waals surface area contributed by atoms with Crippen LogP contribution in [0.4, 0.5) is 0 Å². The molecule has 1 aromatic rings. The predicted octanol–water partition coefficient (Wildman–Crippen LogP) is 4.02. The maximum absolute atomic E-state index is 6.08. The summed E-state index contributed by atoms with van der Waals surface area (Å²) < 4.78 is 0. The molecule has 1 N–H and O–H groups in total. The van der Waals surface area contributed by atoms with Crippen molar-refractivity contribution in [3.05, 3.63) is 33.8 Å². The van der Waals surface area contributed by atoms with Gasteiger partial charge in [-0.15, -0.1) is 0 Å². The molecule has 0 saturated heterocycles. The van der Waals surface area contributed by atoms with Gasteiger partial charge in [0.25, 0.3) is 0 Å². The molecule has 2 atom stereocenters. The molecule has 3 heteroatoms. The fourth-order valence-electron chi connectivity index (χ4n) is 2.62. The van der Waals surface area contributed by atoms with Crippen molar-refractivity contribution in [2.45, 2.75) is 37.6 Å². The Morgan fingerprint density at radius 2 is 2.06 bits per heavy atom. The highest BCUT2D eigenvalue weighted by atomic mass is 35.5. The Labute approximate surface area is 107 Å². The van der Waals surface area contributed by atoms with Gasteiger partial charge in [0.05, 0.1) is 10.0 Å². The third-order valence-electron chi connectivity index (χ3n) is 3.77. The topological polar surface area (TPSA) is 12.0 Å². The summed E-state index contributed by atoms with van der Waals surface area (Å²) in [6.45, 7) is 2.31. The summed E-state index contributed by atoms with van der Waals surface area (Å²) >= 11 is 12.0. The summed E-state index contributed by atoms with van der Waals surface area (Å²) in [5.41, 5.74) is 1.54. The van der Waals surface area contributed by atoms with Crippen LogP contribution in [0.5, 0.6) is 0 Å². The van der Waals surface area contributed by atoms with Crippen LogP contribution in [0.2, 0.25) is 10.0 Å². The first-order valence-corrected chi connectivity index (χ1v) is 6.43. The Kier molecular flexibility index (Phi) is 3.48. The van der Waals surface area contributed by atoms with Gasteiger partial charge in [0, 0.05) is 6.04 Å². The van der Waals surface area contributed by atoms with Crippen LogP contribution in [-0.2, 0) is 5.41 Å². The molecule has 1 aliphatic carbocycles. The molecule has 88 valence electrons. The lowest BCUT2D eigenvalue weighted by atomic mass is 9.81. The van der Waals surface area contributed by atoms with E-state index in [9.17, 15) is 0 Å². The summed E-state index contributed by atoms with van der Waals surface area (Å²) in [6, 6.07) is 6.64. The van der Waals surface area contributed by atoms with Crippen molar-refractivity contribution in [2.24, 2.45) is 0 Å². The number of benzene rings is 1. The van der Waals surface area contributed by atoms with E-state index < -0.39 is 0 Å². The van der Waals surface area contributed by atoms with Crippen molar-refractivity contribution in [2.75, 3.05) is 7.05 Å². The van der Waals surface area contributed by atoms with Crippen molar-refractivity contribution in [3.63, 3.8) is 0 Å². The molecule has 0 heterocycles. The van der Waals surface area contributed by atoms with Crippen molar-refractivity contribution >= 4 is 23.2 Å². The van der Waals surface area contributed by atoms with E-state index in [-0.39, 0.29) is 5.41 Å². The Morgan fingerprint density at radius 3 is 2.62 bits per heavy atom. The van der Waals surface area contributed by atoms with Crippen LogP contribution in [0.1, 0.15) is 31.7 Å². The SMILES string of the molecule is CNC1CCC(C)(c2ccc(Cl)c(Cl)c2)C1. The normalized spacial score (nSPS) is 29.6. The fraction of sp³-hybridized carbons (Fsp3) is 0.538. The van der Waals surface area contributed by atoms with Crippen molar-refractivity contribution in [1.82, 2.24) is 5.32 Å². The Morgan fingerprint density at radius 1 is 1.31 bits per heavy atom. The minimum atomic E-state index is 0.238. The monoisotopic (exact) mass is 257 g/mol. The standard InChI is InChI=1S/C13H17Cl2N/c1-13(6-5-10(8-13)16-2)9-3-4-11(14)12(15)7-9/h3-4,7,10,16H,5-6,8H2,1-2H3. The van der Waals surface area contributed by atoms with Gasteiger partial charge in [-0.2, -0.15) is 0 Å². The first kappa shape index (κ1) is 12.2. The molecule has 1 saturated carbocycles. The highest BCUT2D eigenvalue weighted by Gasteiger charge is 2.35. The molecule has 2 unspecified atom stereocenters. The minimum absolute atomic E-state index is 0.238. The smallest absolute Gasteiger partial charge is 0.0595 e. The van der Waals surface area contributed by atoms with E-state index in [1.807, 2.05) is 19.2 Å². The van der Waals surface area contributed by atoms with E-state index in [2.05, 4.69) is 18.3 Å². The molecule has 0 aromatic heterocycles. The average molecular weight is 258 g/mol. The molecular formula is C13H17Cl2N. The molecule has 1 nitrogen and oxygen atoms in total. The number of rotatable bonds is 2. The predicted molar refractivity (Wildman–Crippen MR) is 70.5 cm³/mol. The van der Waals surface area contributed by atoms with Gasteiger partial charge in [-0.05, 0) is 49.4 Å². The van der Waals surface area contributed by atoms with E-state index in [4.69, 9.17) is 23.2 Å². The quantitative estimate of drug-likeness (QED) is 0.844. The lowest BCUT2D eigenvalue weighted by Crippen LogP contribution is -2.25. The Bertz CT molecular complexity index is 392. The van der Waals surface area contributed by atoms with E-state index >= 15 is 0 Å². The van der Waals surface area contributed by atoms with E-state index in [0.29, 0.717) is 16.1 Å². The zero-order valence-electron chi connectivity index (χ0n) is 9.69. The largest absolute Gasteiger partial charge is 0.317 e. The summed E-state index contributed by atoms with van der Waals surface area (Å²) in [5.74, 6) is 0. The molecule has 1 aliphatic rings. The zero-order chi connectivity index (χ0) is 11.8. The molecule has 0 bridgehead atoms. The highest BCUT2D eigenvalue weighted by molar-refractivity contribution is 6.42. The average Bonchev–Trinajstić information content (AvgIpc) is 2.66. The second kappa shape index (κ2) is 4.56. The highest BCUT2D eigenvalue weighted by Crippen LogP contribution is 2.42. The third kappa shape index (κ3) is 2.22. The fourth-order valence-corrected chi connectivity index (χ4v) is 2.92. The van der Waals surface area contributed by atoms with Crippen LogP contribution >= 0.6 is 23.2 Å². The number of halogens is 2. The van der Waals surface area contributed by atoms with Gasteiger partial charge in [0.2, 0.25) is 0 Å². The number of hydrogen-bond acceptors (Lipinski definition) is 1. The number of hydrogen-bond donors (Lipinski definition) is 1. The van der Waals surface area contributed by atoms with Gasteiger partial charge in [0.15, 0.2) is 0 Å². The van der Waals surface area contributed by atoms with Crippen molar-refractivity contribution < 1.29 is 0 Å². The summed E-state index contributed by atoms with van der Waals surface area (Å²) in [7, 11) is 2.03. The van der Waals surface area contributed by atoms with E-state index in [1.54, 1.807) is 0 Å². The van der Waals surface area contributed by atoms with Gasteiger partial charge in [-0.1, -0.05) is 36.2 Å². The van der Waals surface area contributed by atoms with E-state index in [0.717, 1.165) is 0 Å². The Balaban J connectivity index is 2.27. The zero-order valence-corrected chi connectivity index (χ0v) is 11.2. The number of nitrogens with one attached hydrogen (secondary N) is 1. The molecule has 16 heavy (non-hydrogen) atoms. The second-order valence-electron chi connectivity index (χ2n) is 4.92. The minimum Gasteiger partial charge on any atom is -0.317 e. The van der Waals surface area contributed by atoms with Crippen LogP contribution in [0, 0.1) is 0 Å². The van der Waals surface area contributed by atoms with Gasteiger partial charge in [-0.3, -0.25) is 0 Å². The van der Waals surface area contributed by atoms with Crippen LogP contribution < -0.4 is 5.32 Å². The molecule has 1 aromatic carbocycles. The summed E-state index contributed by atoms with van der Waals surface area (Å²) in [5, 5.41) is 4.65. The van der Waals surface area contributed by atoms with Gasteiger partial charge < -0.3 is 5.32 Å². The van der Waals surface area contributed by atoms with Crippen LogP contribution in [-0.4, -0.2) is 13.1 Å². The van der Waals surface area contributed by atoms with Gasteiger partial charge >= 0.3 is 0 Å². The first-order valence-electron chi connectivity index (χ1n) is 5.68. The van der Waals surface area contributed by atoms with Crippen molar-refractivity contribution in [3.8, 4) is 0 Å². The van der Waals surface area contributed by atoms with Crippen LogP contribution in [0.15, 0.2) is 18.2 Å². The van der Waals surface area contributed by atoms with Crippen LogP contribution in [0.3, 0.4) is 0 Å². The third-order valence-corrected chi connectivity index (χ3v) is 4.51. The maximum atomic E-state index is 6.08. The van der Waals surface area contributed by atoms with Gasteiger partial charge in [-0.25, -0.2) is 0 Å². The molecule has 0 spiro atoms. The lowest BCUT2D eigenvalue weighted by molar-refractivity contribution is 0.467. The molecule has 0 radical (unpaired) electrons. The van der Waals surface area contributed by atoms with E-state index in [1.165, 1.54) is 24.8 Å². The van der Waals surface area contributed by atoms with Gasteiger partial charge in [0.1, 0.15) is 0 Å². The molecule has 2 rings (SSSR count). The summed E-state index contributed by atoms with van der Waals surface area (Å²) in [6.07, 6.45) is 3.60. The molecular weight excluding hydrogens is 241 g/mol. The first-order chi connectivity index (χ1) is 7.55. The molecule has 1 fully saturated rings. The molecule has 0 amide bonds. The second-order valence-corrected chi connectivity index (χ2v) is 5.73. The lowest BCUT2D eigenvalue weighted by Gasteiger charge is -2.25.